The summed E-state index contributed by atoms with van der Waals surface area (Å²) >= 11 is 1.74. The Morgan fingerprint density at radius 1 is 1.46 bits per heavy atom. The van der Waals surface area contributed by atoms with Crippen LogP contribution >= 0.6 is 11.8 Å². The molecule has 0 aliphatic heterocycles. The van der Waals surface area contributed by atoms with Crippen molar-refractivity contribution in [1.29, 1.82) is 0 Å². The molecule has 0 amide bonds. The minimum absolute atomic E-state index is 0.219. The summed E-state index contributed by atoms with van der Waals surface area (Å²) in [6.07, 6.45) is 2.07. The van der Waals surface area contributed by atoms with Gasteiger partial charge in [-0.15, -0.1) is 11.8 Å². The standard InChI is InChI=1S/C11H16OS/c1-8-4-5-10(9(2)7-12)11(6-8)13-3/h4-6,9,12H,7H2,1-3H3. The minimum atomic E-state index is 0.219. The van der Waals surface area contributed by atoms with E-state index in [-0.39, 0.29) is 12.5 Å². The van der Waals surface area contributed by atoms with Crippen molar-refractivity contribution >= 4 is 11.8 Å². The largest absolute Gasteiger partial charge is 0.396 e. The summed E-state index contributed by atoms with van der Waals surface area (Å²) in [6.45, 7) is 4.36. The van der Waals surface area contributed by atoms with Crippen molar-refractivity contribution < 1.29 is 5.11 Å². The van der Waals surface area contributed by atoms with Crippen molar-refractivity contribution in [3.63, 3.8) is 0 Å². The van der Waals surface area contributed by atoms with E-state index >= 15 is 0 Å². The lowest BCUT2D eigenvalue weighted by molar-refractivity contribution is 0.272. The van der Waals surface area contributed by atoms with Gasteiger partial charge in [0, 0.05) is 17.4 Å². The number of hydrogen-bond donors (Lipinski definition) is 1. The molecule has 1 rings (SSSR count). The maximum Gasteiger partial charge on any atom is 0.0497 e. The highest BCUT2D eigenvalue weighted by Gasteiger charge is 2.08. The lowest BCUT2D eigenvalue weighted by atomic mass is 10.0. The number of thioether (sulfide) groups is 1. The predicted octanol–water partition coefficient (Wildman–Crippen LogP) is 2.81. The van der Waals surface area contributed by atoms with Crippen LogP contribution in [0.15, 0.2) is 23.1 Å². The van der Waals surface area contributed by atoms with Crippen LogP contribution in [0.25, 0.3) is 0 Å². The van der Waals surface area contributed by atoms with Crippen LogP contribution in [-0.2, 0) is 0 Å². The van der Waals surface area contributed by atoms with E-state index in [4.69, 9.17) is 5.11 Å². The molecule has 0 heterocycles. The highest BCUT2D eigenvalue weighted by atomic mass is 32.2. The van der Waals surface area contributed by atoms with Gasteiger partial charge < -0.3 is 5.11 Å². The van der Waals surface area contributed by atoms with Gasteiger partial charge in [-0.3, -0.25) is 0 Å². The van der Waals surface area contributed by atoms with Gasteiger partial charge in [0.25, 0.3) is 0 Å². The first-order valence-electron chi connectivity index (χ1n) is 4.44. The third kappa shape index (κ3) is 2.48. The van der Waals surface area contributed by atoms with Crippen LogP contribution in [0.1, 0.15) is 24.0 Å². The molecule has 0 aromatic heterocycles. The quantitative estimate of drug-likeness (QED) is 0.750. The molecule has 1 N–H and O–H groups in total. The second-order valence-electron chi connectivity index (χ2n) is 3.33. The Labute approximate surface area is 84.2 Å². The summed E-state index contributed by atoms with van der Waals surface area (Å²) in [5, 5.41) is 9.07. The lowest BCUT2D eigenvalue weighted by Crippen LogP contribution is -2.00. The molecule has 72 valence electrons. The lowest BCUT2D eigenvalue weighted by Gasteiger charge is -2.13. The van der Waals surface area contributed by atoms with Crippen LogP contribution in [0, 0.1) is 6.92 Å². The van der Waals surface area contributed by atoms with Gasteiger partial charge in [0.15, 0.2) is 0 Å². The van der Waals surface area contributed by atoms with E-state index in [1.807, 2.05) is 6.92 Å². The summed E-state index contributed by atoms with van der Waals surface area (Å²) in [4.78, 5) is 1.28. The number of benzene rings is 1. The van der Waals surface area contributed by atoms with E-state index in [0.717, 1.165) is 0 Å². The first-order valence-corrected chi connectivity index (χ1v) is 5.67. The van der Waals surface area contributed by atoms with Gasteiger partial charge in [0.1, 0.15) is 0 Å². The van der Waals surface area contributed by atoms with Gasteiger partial charge in [-0.2, -0.15) is 0 Å². The van der Waals surface area contributed by atoms with Crippen LogP contribution in [0.4, 0.5) is 0 Å². The number of aliphatic hydroxyl groups is 1. The van der Waals surface area contributed by atoms with Crippen molar-refractivity contribution in [1.82, 2.24) is 0 Å². The molecule has 1 aromatic rings. The van der Waals surface area contributed by atoms with Crippen molar-refractivity contribution in [3.05, 3.63) is 29.3 Å². The van der Waals surface area contributed by atoms with Gasteiger partial charge in [0.05, 0.1) is 0 Å². The molecule has 0 radical (unpaired) electrons. The molecule has 13 heavy (non-hydrogen) atoms. The van der Waals surface area contributed by atoms with Crippen LogP contribution in [0.3, 0.4) is 0 Å². The Bertz CT molecular complexity index is 283. The van der Waals surface area contributed by atoms with Gasteiger partial charge >= 0.3 is 0 Å². The summed E-state index contributed by atoms with van der Waals surface area (Å²) in [5.74, 6) is 0.239. The number of aliphatic hydroxyl groups excluding tert-OH is 1. The molecular formula is C11H16OS. The maximum atomic E-state index is 9.07. The molecule has 0 saturated carbocycles. The monoisotopic (exact) mass is 196 g/mol. The Kier molecular flexibility index (Phi) is 3.82. The molecule has 0 saturated heterocycles. The van der Waals surface area contributed by atoms with Crippen LogP contribution in [0.5, 0.6) is 0 Å². The van der Waals surface area contributed by atoms with Crippen molar-refractivity contribution in [2.24, 2.45) is 0 Å². The Balaban J connectivity index is 3.05. The molecule has 0 aliphatic rings. The fourth-order valence-corrected chi connectivity index (χ4v) is 2.13. The Hall–Kier alpha value is -0.470. The summed E-state index contributed by atoms with van der Waals surface area (Å²) in [7, 11) is 0. The molecule has 0 spiro atoms. The molecule has 1 aromatic carbocycles. The number of aryl methyl sites for hydroxylation is 1. The number of rotatable bonds is 3. The van der Waals surface area contributed by atoms with E-state index in [2.05, 4.69) is 31.4 Å². The highest BCUT2D eigenvalue weighted by molar-refractivity contribution is 7.98. The molecule has 0 aliphatic carbocycles. The third-order valence-electron chi connectivity index (χ3n) is 2.19. The van der Waals surface area contributed by atoms with Gasteiger partial charge in [-0.25, -0.2) is 0 Å². The Morgan fingerprint density at radius 2 is 2.15 bits per heavy atom. The molecule has 0 fully saturated rings. The normalized spacial score (nSPS) is 12.9. The summed E-state index contributed by atoms with van der Waals surface area (Å²) in [5.41, 5.74) is 2.53. The summed E-state index contributed by atoms with van der Waals surface area (Å²) in [6, 6.07) is 6.38. The van der Waals surface area contributed by atoms with Crippen LogP contribution in [0.2, 0.25) is 0 Å². The zero-order valence-corrected chi connectivity index (χ0v) is 9.19. The zero-order valence-electron chi connectivity index (χ0n) is 8.37. The average Bonchev–Trinajstić information content (AvgIpc) is 2.16. The molecule has 1 atom stereocenters. The van der Waals surface area contributed by atoms with E-state index in [1.165, 1.54) is 16.0 Å². The highest BCUT2D eigenvalue weighted by Crippen LogP contribution is 2.27. The molecule has 0 bridgehead atoms. The number of hydrogen-bond acceptors (Lipinski definition) is 2. The first-order chi connectivity index (χ1) is 6.19. The first kappa shape index (κ1) is 10.6. The maximum absolute atomic E-state index is 9.07. The van der Waals surface area contributed by atoms with E-state index in [0.29, 0.717) is 0 Å². The van der Waals surface area contributed by atoms with Crippen LogP contribution < -0.4 is 0 Å². The van der Waals surface area contributed by atoms with Crippen LogP contribution in [-0.4, -0.2) is 18.0 Å². The minimum Gasteiger partial charge on any atom is -0.396 e. The van der Waals surface area contributed by atoms with Crippen molar-refractivity contribution in [2.45, 2.75) is 24.7 Å². The Morgan fingerprint density at radius 3 is 2.69 bits per heavy atom. The van der Waals surface area contributed by atoms with Gasteiger partial charge in [-0.1, -0.05) is 24.6 Å². The fourth-order valence-electron chi connectivity index (χ4n) is 1.32. The molecule has 1 nitrogen and oxygen atoms in total. The van der Waals surface area contributed by atoms with Gasteiger partial charge in [-0.05, 0) is 24.8 Å². The summed E-state index contributed by atoms with van der Waals surface area (Å²) < 4.78 is 0. The van der Waals surface area contributed by atoms with E-state index in [9.17, 15) is 0 Å². The molecular weight excluding hydrogens is 180 g/mol. The zero-order chi connectivity index (χ0) is 9.84. The van der Waals surface area contributed by atoms with Crippen molar-refractivity contribution in [2.75, 3.05) is 12.9 Å². The third-order valence-corrected chi connectivity index (χ3v) is 2.99. The second kappa shape index (κ2) is 4.68. The van der Waals surface area contributed by atoms with Gasteiger partial charge in [0.2, 0.25) is 0 Å². The molecule has 2 heteroatoms. The van der Waals surface area contributed by atoms with E-state index < -0.39 is 0 Å². The fraction of sp³-hybridized carbons (Fsp3) is 0.455. The molecule has 1 unspecified atom stereocenters. The SMILES string of the molecule is CSc1cc(C)ccc1C(C)CO. The van der Waals surface area contributed by atoms with Crippen molar-refractivity contribution in [3.8, 4) is 0 Å². The predicted molar refractivity (Wildman–Crippen MR) is 58.5 cm³/mol. The second-order valence-corrected chi connectivity index (χ2v) is 4.18. The average molecular weight is 196 g/mol. The smallest absolute Gasteiger partial charge is 0.0497 e. The topological polar surface area (TPSA) is 20.2 Å². The van der Waals surface area contributed by atoms with E-state index in [1.54, 1.807) is 11.8 Å².